The van der Waals surface area contributed by atoms with Crippen LogP contribution >= 0.6 is 11.6 Å². The lowest BCUT2D eigenvalue weighted by Gasteiger charge is -2.36. The van der Waals surface area contributed by atoms with Crippen LogP contribution in [0.3, 0.4) is 0 Å². The first-order valence-corrected chi connectivity index (χ1v) is 11.6. The first-order valence-electron chi connectivity index (χ1n) is 11.2. The molecule has 0 saturated carbocycles. The number of amides is 1. The number of likely N-dealkylation sites (tertiary alicyclic amines) is 1. The van der Waals surface area contributed by atoms with Crippen LogP contribution in [0, 0.1) is 5.82 Å². The zero-order chi connectivity index (χ0) is 23.1. The third-order valence-electron chi connectivity index (χ3n) is 5.98. The van der Waals surface area contributed by atoms with Crippen LogP contribution < -0.4 is 10.1 Å². The number of rotatable bonds is 9. The number of ether oxygens (including phenoxy) is 1. The molecule has 1 heterocycles. The fraction of sp³-hybridized carbons (Fsp3) is 0.480. The highest BCUT2D eigenvalue weighted by molar-refractivity contribution is 6.31. The minimum atomic E-state index is -0.519. The average molecular weight is 462 g/mol. The number of nitrogens with zero attached hydrogens (tertiary/aromatic N) is 2. The second-order valence-electron chi connectivity index (χ2n) is 8.66. The van der Waals surface area contributed by atoms with Crippen LogP contribution in [0.5, 0.6) is 5.75 Å². The Balaban J connectivity index is 1.45. The van der Waals surface area contributed by atoms with Gasteiger partial charge < -0.3 is 15.0 Å². The Labute approximate surface area is 195 Å². The monoisotopic (exact) mass is 461 g/mol. The van der Waals surface area contributed by atoms with Gasteiger partial charge in [-0.05, 0) is 76.2 Å². The van der Waals surface area contributed by atoms with Crippen molar-refractivity contribution in [2.45, 2.75) is 38.3 Å². The maximum atomic E-state index is 13.3. The maximum absolute atomic E-state index is 13.3. The lowest BCUT2D eigenvalue weighted by atomic mass is 9.99. The van der Waals surface area contributed by atoms with Crippen molar-refractivity contribution < 1.29 is 13.9 Å². The predicted octanol–water partition coefficient (Wildman–Crippen LogP) is 4.77. The Morgan fingerprint density at radius 2 is 1.91 bits per heavy atom. The number of carbonyl (C=O) groups is 1. The van der Waals surface area contributed by atoms with Crippen molar-refractivity contribution in [3.05, 3.63) is 64.4 Å². The van der Waals surface area contributed by atoms with Crippen LogP contribution in [0.15, 0.2) is 42.5 Å². The SMILES string of the molecule is CC(c1ccc(OCCCN(C)C)cc1)N1CCC(NC(=O)c2ccc(F)c(Cl)c2)CC1. The van der Waals surface area contributed by atoms with E-state index in [9.17, 15) is 9.18 Å². The number of halogens is 2. The average Bonchev–Trinajstić information content (AvgIpc) is 2.79. The summed E-state index contributed by atoms with van der Waals surface area (Å²) in [7, 11) is 4.13. The van der Waals surface area contributed by atoms with E-state index in [2.05, 4.69) is 48.3 Å². The molecular weight excluding hydrogens is 429 g/mol. The normalized spacial score (nSPS) is 16.2. The number of nitrogens with one attached hydrogen (secondary N) is 1. The van der Waals surface area contributed by atoms with E-state index in [0.717, 1.165) is 51.3 Å². The smallest absolute Gasteiger partial charge is 0.251 e. The van der Waals surface area contributed by atoms with Crippen molar-refractivity contribution in [1.29, 1.82) is 0 Å². The van der Waals surface area contributed by atoms with E-state index in [0.29, 0.717) is 11.6 Å². The molecule has 32 heavy (non-hydrogen) atoms. The zero-order valence-electron chi connectivity index (χ0n) is 19.1. The van der Waals surface area contributed by atoms with Gasteiger partial charge in [0.05, 0.1) is 11.6 Å². The molecule has 1 saturated heterocycles. The minimum absolute atomic E-state index is 0.0359. The van der Waals surface area contributed by atoms with Crippen LogP contribution in [0.1, 0.15) is 48.1 Å². The molecule has 5 nitrogen and oxygen atoms in total. The summed E-state index contributed by atoms with van der Waals surface area (Å²) < 4.78 is 19.1. The number of carbonyl (C=O) groups excluding carboxylic acids is 1. The van der Waals surface area contributed by atoms with E-state index < -0.39 is 5.82 Å². The zero-order valence-corrected chi connectivity index (χ0v) is 19.9. The van der Waals surface area contributed by atoms with E-state index in [1.807, 2.05) is 12.1 Å². The van der Waals surface area contributed by atoms with E-state index in [1.54, 1.807) is 0 Å². The number of hydrogen-bond acceptors (Lipinski definition) is 4. The molecule has 1 fully saturated rings. The number of benzene rings is 2. The van der Waals surface area contributed by atoms with E-state index in [4.69, 9.17) is 16.3 Å². The lowest BCUT2D eigenvalue weighted by molar-refractivity contribution is 0.0896. The van der Waals surface area contributed by atoms with Gasteiger partial charge in [0.25, 0.3) is 5.91 Å². The van der Waals surface area contributed by atoms with Gasteiger partial charge in [-0.15, -0.1) is 0 Å². The molecule has 0 bridgehead atoms. The molecule has 1 amide bonds. The first-order chi connectivity index (χ1) is 15.3. The van der Waals surface area contributed by atoms with Gasteiger partial charge in [0.2, 0.25) is 0 Å². The summed E-state index contributed by atoms with van der Waals surface area (Å²) in [6.07, 6.45) is 2.75. The van der Waals surface area contributed by atoms with Crippen LogP contribution in [0.25, 0.3) is 0 Å². The maximum Gasteiger partial charge on any atom is 0.251 e. The fourth-order valence-corrected chi connectivity index (χ4v) is 4.14. The molecule has 2 aromatic rings. The van der Waals surface area contributed by atoms with Crippen LogP contribution in [-0.2, 0) is 0 Å². The largest absolute Gasteiger partial charge is 0.494 e. The highest BCUT2D eigenvalue weighted by atomic mass is 35.5. The van der Waals surface area contributed by atoms with E-state index in [-0.39, 0.29) is 17.0 Å². The van der Waals surface area contributed by atoms with Gasteiger partial charge >= 0.3 is 0 Å². The van der Waals surface area contributed by atoms with Crippen molar-refractivity contribution in [1.82, 2.24) is 15.1 Å². The Bertz CT molecular complexity index is 883. The fourth-order valence-electron chi connectivity index (χ4n) is 3.96. The summed E-state index contributed by atoms with van der Waals surface area (Å²) >= 11 is 5.79. The topological polar surface area (TPSA) is 44.8 Å². The third kappa shape index (κ3) is 6.92. The second kappa shape index (κ2) is 11.6. The Hall–Kier alpha value is -2.15. The molecule has 1 N–H and O–H groups in total. The van der Waals surface area contributed by atoms with E-state index >= 15 is 0 Å². The van der Waals surface area contributed by atoms with Crippen LogP contribution in [0.4, 0.5) is 4.39 Å². The molecule has 1 atom stereocenters. The van der Waals surface area contributed by atoms with Gasteiger partial charge in [0, 0.05) is 37.3 Å². The van der Waals surface area contributed by atoms with Gasteiger partial charge in [-0.2, -0.15) is 0 Å². The minimum Gasteiger partial charge on any atom is -0.494 e. The lowest BCUT2D eigenvalue weighted by Crippen LogP contribution is -2.45. The van der Waals surface area contributed by atoms with Crippen molar-refractivity contribution >= 4 is 17.5 Å². The molecule has 1 unspecified atom stereocenters. The number of piperidine rings is 1. The molecule has 0 aliphatic carbocycles. The summed E-state index contributed by atoms with van der Waals surface area (Å²) in [5, 5.41) is 3.02. The predicted molar refractivity (Wildman–Crippen MR) is 127 cm³/mol. The second-order valence-corrected chi connectivity index (χ2v) is 9.07. The molecule has 0 radical (unpaired) electrons. The van der Waals surface area contributed by atoms with Crippen molar-refractivity contribution in [3.63, 3.8) is 0 Å². The third-order valence-corrected chi connectivity index (χ3v) is 6.26. The molecule has 0 spiro atoms. The van der Waals surface area contributed by atoms with Crippen LogP contribution in [-0.4, -0.2) is 62.1 Å². The van der Waals surface area contributed by atoms with E-state index in [1.165, 1.54) is 23.8 Å². The van der Waals surface area contributed by atoms with Gasteiger partial charge in [0.15, 0.2) is 0 Å². The van der Waals surface area contributed by atoms with Crippen LogP contribution in [0.2, 0.25) is 5.02 Å². The summed E-state index contributed by atoms with van der Waals surface area (Å²) in [6.45, 7) is 5.75. The van der Waals surface area contributed by atoms with Crippen molar-refractivity contribution in [2.75, 3.05) is 40.3 Å². The highest BCUT2D eigenvalue weighted by Crippen LogP contribution is 2.26. The van der Waals surface area contributed by atoms with Gasteiger partial charge in [-0.3, -0.25) is 9.69 Å². The molecule has 1 aliphatic heterocycles. The van der Waals surface area contributed by atoms with Gasteiger partial charge in [-0.25, -0.2) is 4.39 Å². The molecule has 1 aliphatic rings. The molecule has 3 rings (SSSR count). The first kappa shape index (κ1) is 24.5. The molecule has 7 heteroatoms. The summed E-state index contributed by atoms with van der Waals surface area (Å²) in [5.41, 5.74) is 1.64. The summed E-state index contributed by atoms with van der Waals surface area (Å²) in [5.74, 6) is 0.177. The Morgan fingerprint density at radius 1 is 1.22 bits per heavy atom. The summed E-state index contributed by atoms with van der Waals surface area (Å²) in [4.78, 5) is 17.0. The summed E-state index contributed by atoms with van der Waals surface area (Å²) in [6, 6.07) is 12.8. The van der Waals surface area contributed by atoms with Crippen molar-refractivity contribution in [3.8, 4) is 5.75 Å². The quantitative estimate of drug-likeness (QED) is 0.546. The Morgan fingerprint density at radius 3 is 2.53 bits per heavy atom. The number of hydrogen-bond donors (Lipinski definition) is 1. The van der Waals surface area contributed by atoms with Gasteiger partial charge in [0.1, 0.15) is 11.6 Å². The van der Waals surface area contributed by atoms with Gasteiger partial charge in [-0.1, -0.05) is 23.7 Å². The highest BCUT2D eigenvalue weighted by Gasteiger charge is 2.25. The molecule has 0 aromatic heterocycles. The molecule has 174 valence electrons. The standard InChI is InChI=1S/C25H33ClFN3O2/c1-18(19-5-8-22(9-6-19)32-16-4-13-29(2)3)30-14-11-21(12-15-30)28-25(31)20-7-10-24(27)23(26)17-20/h5-10,17-18,21H,4,11-16H2,1-3H3,(H,28,31). The molecular formula is C25H33ClFN3O2. The Kier molecular flexibility index (Phi) is 8.91. The molecule has 2 aromatic carbocycles. The van der Waals surface area contributed by atoms with Crippen molar-refractivity contribution in [2.24, 2.45) is 0 Å².